The standard InChI is InChI=1S/C15H23N5O4/c1-10-8-19(9-11(2)24-10)5-4-18(3)15-13(14(16)21)6-12(7-17-15)20(22)23/h6-7,10-11H,4-5,8-9H2,1-3H3,(H2,16,21)/t10-,11+. The molecule has 9 nitrogen and oxygen atoms in total. The molecule has 132 valence electrons. The molecule has 1 saturated heterocycles. The van der Waals surface area contributed by atoms with E-state index in [1.165, 1.54) is 6.07 Å². The molecule has 0 saturated carbocycles. The molecule has 0 aliphatic carbocycles. The van der Waals surface area contributed by atoms with Crippen molar-refractivity contribution < 1.29 is 14.5 Å². The molecule has 0 aromatic carbocycles. The van der Waals surface area contributed by atoms with E-state index >= 15 is 0 Å². The van der Waals surface area contributed by atoms with Crippen molar-refractivity contribution >= 4 is 17.4 Å². The van der Waals surface area contributed by atoms with E-state index in [0.717, 1.165) is 25.8 Å². The van der Waals surface area contributed by atoms with Gasteiger partial charge in [0.2, 0.25) is 0 Å². The Kier molecular flexibility index (Phi) is 5.68. The van der Waals surface area contributed by atoms with Crippen molar-refractivity contribution in [2.24, 2.45) is 5.73 Å². The summed E-state index contributed by atoms with van der Waals surface area (Å²) in [6.45, 7) is 7.14. The SMILES string of the molecule is C[C@@H]1CN(CCN(C)c2ncc([N+](=O)[O-])cc2C(N)=O)C[C@H](C)O1. The van der Waals surface area contributed by atoms with Crippen molar-refractivity contribution in [2.75, 3.05) is 38.1 Å². The number of nitrogens with two attached hydrogens (primary N) is 1. The van der Waals surface area contributed by atoms with E-state index in [9.17, 15) is 14.9 Å². The molecule has 9 heteroatoms. The number of amides is 1. The Morgan fingerprint density at radius 2 is 2.12 bits per heavy atom. The highest BCUT2D eigenvalue weighted by Gasteiger charge is 2.23. The number of hydrogen-bond acceptors (Lipinski definition) is 7. The second-order valence-corrected chi connectivity index (χ2v) is 6.12. The maximum absolute atomic E-state index is 11.6. The van der Waals surface area contributed by atoms with Gasteiger partial charge in [-0.05, 0) is 13.8 Å². The van der Waals surface area contributed by atoms with E-state index in [4.69, 9.17) is 10.5 Å². The number of hydrogen-bond donors (Lipinski definition) is 1. The highest BCUT2D eigenvalue weighted by Crippen LogP contribution is 2.21. The van der Waals surface area contributed by atoms with E-state index in [0.29, 0.717) is 12.4 Å². The molecule has 0 unspecified atom stereocenters. The van der Waals surface area contributed by atoms with Crippen LogP contribution in [0, 0.1) is 10.1 Å². The summed E-state index contributed by atoms with van der Waals surface area (Å²) in [6, 6.07) is 1.17. The number of nitrogens with zero attached hydrogens (tertiary/aromatic N) is 4. The van der Waals surface area contributed by atoms with Crippen molar-refractivity contribution in [3.8, 4) is 0 Å². The summed E-state index contributed by atoms with van der Waals surface area (Å²) in [6.07, 6.45) is 1.49. The van der Waals surface area contributed by atoms with Gasteiger partial charge >= 0.3 is 0 Å². The van der Waals surface area contributed by atoms with Gasteiger partial charge in [-0.15, -0.1) is 0 Å². The summed E-state index contributed by atoms with van der Waals surface area (Å²) in [7, 11) is 1.79. The molecule has 24 heavy (non-hydrogen) atoms. The quantitative estimate of drug-likeness (QED) is 0.598. The Morgan fingerprint density at radius 1 is 1.50 bits per heavy atom. The highest BCUT2D eigenvalue weighted by atomic mass is 16.6. The number of morpholine rings is 1. The van der Waals surface area contributed by atoms with Gasteiger partial charge in [0.05, 0.1) is 22.7 Å². The van der Waals surface area contributed by atoms with E-state index < -0.39 is 10.8 Å². The lowest BCUT2D eigenvalue weighted by Crippen LogP contribution is -2.47. The van der Waals surface area contributed by atoms with Crippen LogP contribution in [0.4, 0.5) is 11.5 Å². The fraction of sp³-hybridized carbons (Fsp3) is 0.600. The molecule has 2 heterocycles. The zero-order chi connectivity index (χ0) is 17.9. The number of carbonyl (C=O) groups is 1. The lowest BCUT2D eigenvalue weighted by molar-refractivity contribution is -0.385. The minimum atomic E-state index is -0.735. The third-order valence-electron chi connectivity index (χ3n) is 3.94. The molecular weight excluding hydrogens is 314 g/mol. The fourth-order valence-electron chi connectivity index (χ4n) is 2.90. The van der Waals surface area contributed by atoms with Crippen LogP contribution in [0.25, 0.3) is 0 Å². The van der Waals surface area contributed by atoms with E-state index in [1.54, 1.807) is 11.9 Å². The minimum Gasteiger partial charge on any atom is -0.373 e. The van der Waals surface area contributed by atoms with Crippen LogP contribution in [-0.4, -0.2) is 66.1 Å². The Balaban J connectivity index is 2.07. The van der Waals surface area contributed by atoms with Crippen LogP contribution in [0.15, 0.2) is 12.3 Å². The van der Waals surface area contributed by atoms with Crippen LogP contribution >= 0.6 is 0 Å². The summed E-state index contributed by atoms with van der Waals surface area (Å²) in [5, 5.41) is 10.8. The van der Waals surface area contributed by atoms with Gasteiger partial charge in [-0.25, -0.2) is 4.98 Å². The maximum atomic E-state index is 11.6. The fourth-order valence-corrected chi connectivity index (χ4v) is 2.90. The molecule has 2 rings (SSSR count). The van der Waals surface area contributed by atoms with Gasteiger partial charge in [-0.2, -0.15) is 0 Å². The molecule has 1 amide bonds. The van der Waals surface area contributed by atoms with Gasteiger partial charge in [0.1, 0.15) is 12.0 Å². The van der Waals surface area contributed by atoms with Crippen LogP contribution in [-0.2, 0) is 4.74 Å². The van der Waals surface area contributed by atoms with Crippen molar-refractivity contribution in [3.05, 3.63) is 27.9 Å². The Hall–Kier alpha value is -2.26. The smallest absolute Gasteiger partial charge is 0.288 e. The molecule has 2 N–H and O–H groups in total. The first-order chi connectivity index (χ1) is 11.3. The number of aromatic nitrogens is 1. The van der Waals surface area contributed by atoms with Crippen molar-refractivity contribution in [3.63, 3.8) is 0 Å². The van der Waals surface area contributed by atoms with Crippen molar-refractivity contribution in [1.29, 1.82) is 0 Å². The molecular formula is C15H23N5O4. The molecule has 1 aliphatic heterocycles. The molecule has 0 spiro atoms. The monoisotopic (exact) mass is 337 g/mol. The zero-order valence-corrected chi connectivity index (χ0v) is 14.1. The highest BCUT2D eigenvalue weighted by molar-refractivity contribution is 5.98. The molecule has 1 fully saturated rings. The largest absolute Gasteiger partial charge is 0.373 e. The predicted octanol–water partition coefficient (Wildman–Crippen LogP) is 0.634. The van der Waals surface area contributed by atoms with Crippen LogP contribution in [0.1, 0.15) is 24.2 Å². The average Bonchev–Trinajstić information content (AvgIpc) is 2.51. The number of primary amides is 1. The molecule has 0 radical (unpaired) electrons. The van der Waals surface area contributed by atoms with Crippen LogP contribution < -0.4 is 10.6 Å². The number of rotatable bonds is 6. The second-order valence-electron chi connectivity index (χ2n) is 6.12. The van der Waals surface area contributed by atoms with Crippen LogP contribution in [0.2, 0.25) is 0 Å². The number of carbonyl (C=O) groups excluding carboxylic acids is 1. The van der Waals surface area contributed by atoms with Gasteiger partial charge in [-0.3, -0.25) is 19.8 Å². The Bertz CT molecular complexity index is 614. The zero-order valence-electron chi connectivity index (χ0n) is 14.1. The third kappa shape index (κ3) is 4.39. The van der Waals surface area contributed by atoms with E-state index in [-0.39, 0.29) is 23.5 Å². The van der Waals surface area contributed by atoms with E-state index in [2.05, 4.69) is 9.88 Å². The Morgan fingerprint density at radius 3 is 2.67 bits per heavy atom. The molecule has 1 aromatic heterocycles. The van der Waals surface area contributed by atoms with Crippen molar-refractivity contribution in [2.45, 2.75) is 26.1 Å². The summed E-state index contributed by atoms with van der Waals surface area (Å²) in [5.41, 5.74) is 5.14. The van der Waals surface area contributed by atoms with Crippen LogP contribution in [0.5, 0.6) is 0 Å². The summed E-state index contributed by atoms with van der Waals surface area (Å²) >= 11 is 0. The van der Waals surface area contributed by atoms with Gasteiger partial charge in [0.25, 0.3) is 11.6 Å². The van der Waals surface area contributed by atoms with Gasteiger partial charge in [-0.1, -0.05) is 0 Å². The minimum absolute atomic E-state index is 0.0513. The molecule has 0 bridgehead atoms. The lowest BCUT2D eigenvalue weighted by Gasteiger charge is -2.36. The average molecular weight is 337 g/mol. The number of ether oxygens (including phenoxy) is 1. The number of pyridine rings is 1. The van der Waals surface area contributed by atoms with Crippen LogP contribution in [0.3, 0.4) is 0 Å². The topological polar surface area (TPSA) is 115 Å². The molecule has 1 aromatic rings. The maximum Gasteiger partial charge on any atom is 0.288 e. The van der Waals surface area contributed by atoms with E-state index in [1.807, 2.05) is 13.8 Å². The normalized spacial score (nSPS) is 21.5. The first-order valence-corrected chi connectivity index (χ1v) is 7.81. The summed E-state index contributed by atoms with van der Waals surface area (Å²) in [4.78, 5) is 30.0. The number of likely N-dealkylation sites (N-methyl/N-ethyl adjacent to an activating group) is 1. The van der Waals surface area contributed by atoms with Gasteiger partial charge in [0.15, 0.2) is 0 Å². The number of anilines is 1. The van der Waals surface area contributed by atoms with Gasteiger partial charge in [0, 0.05) is 39.3 Å². The van der Waals surface area contributed by atoms with Gasteiger partial charge < -0.3 is 15.4 Å². The first kappa shape index (κ1) is 18.1. The first-order valence-electron chi connectivity index (χ1n) is 7.81. The lowest BCUT2D eigenvalue weighted by atomic mass is 10.2. The third-order valence-corrected chi connectivity index (χ3v) is 3.94. The Labute approximate surface area is 140 Å². The number of nitro groups is 1. The predicted molar refractivity (Wildman–Crippen MR) is 89.1 cm³/mol. The van der Waals surface area contributed by atoms with Crippen molar-refractivity contribution in [1.82, 2.24) is 9.88 Å². The summed E-state index contributed by atoms with van der Waals surface area (Å²) in [5.74, 6) is -0.385. The summed E-state index contributed by atoms with van der Waals surface area (Å²) < 4.78 is 5.70. The second kappa shape index (κ2) is 7.54. The molecule has 1 aliphatic rings. The molecule has 2 atom stereocenters.